The summed E-state index contributed by atoms with van der Waals surface area (Å²) < 4.78 is 39.3. The Labute approximate surface area is 156 Å². The smallest absolute Gasteiger partial charge is 0.251 e. The second-order valence-corrected chi connectivity index (χ2v) is 7.85. The summed E-state index contributed by atoms with van der Waals surface area (Å²) in [5, 5.41) is 1.57. The SMILES string of the molecule is O=C(NCC(c1cccnc1)S(=O)(=O)c1ccc(F)cc1)c1ccncc1. The van der Waals surface area contributed by atoms with Gasteiger partial charge in [-0.05, 0) is 48.0 Å². The number of carbonyl (C=O) groups excluding carboxylic acids is 1. The van der Waals surface area contributed by atoms with E-state index in [-0.39, 0.29) is 11.4 Å². The maximum Gasteiger partial charge on any atom is 0.251 e. The van der Waals surface area contributed by atoms with E-state index in [4.69, 9.17) is 0 Å². The highest BCUT2D eigenvalue weighted by Gasteiger charge is 2.30. The summed E-state index contributed by atoms with van der Waals surface area (Å²) in [5.41, 5.74) is 0.797. The molecule has 8 heteroatoms. The number of amides is 1. The summed E-state index contributed by atoms with van der Waals surface area (Å²) in [5.74, 6) is -0.946. The molecule has 2 heterocycles. The molecule has 27 heavy (non-hydrogen) atoms. The zero-order valence-corrected chi connectivity index (χ0v) is 14.9. The number of halogens is 1. The second-order valence-electron chi connectivity index (χ2n) is 5.72. The van der Waals surface area contributed by atoms with Gasteiger partial charge in [-0.25, -0.2) is 12.8 Å². The molecule has 0 spiro atoms. The molecule has 0 aliphatic heterocycles. The molecule has 0 radical (unpaired) electrons. The summed E-state index contributed by atoms with van der Waals surface area (Å²) in [4.78, 5) is 20.1. The number of hydrogen-bond acceptors (Lipinski definition) is 5. The molecule has 0 aliphatic carbocycles. The molecule has 1 N–H and O–H groups in total. The van der Waals surface area contributed by atoms with Gasteiger partial charge in [0, 0.05) is 36.9 Å². The minimum Gasteiger partial charge on any atom is -0.350 e. The van der Waals surface area contributed by atoms with Crippen molar-refractivity contribution in [1.82, 2.24) is 15.3 Å². The van der Waals surface area contributed by atoms with Crippen molar-refractivity contribution in [1.29, 1.82) is 0 Å². The molecule has 0 saturated heterocycles. The molecule has 6 nitrogen and oxygen atoms in total. The molecule has 138 valence electrons. The molecule has 1 atom stereocenters. The summed E-state index contributed by atoms with van der Waals surface area (Å²) in [6, 6.07) is 10.9. The van der Waals surface area contributed by atoms with E-state index in [1.54, 1.807) is 12.1 Å². The lowest BCUT2D eigenvalue weighted by Crippen LogP contribution is -2.32. The minimum absolute atomic E-state index is 0.0316. The van der Waals surface area contributed by atoms with Crippen LogP contribution in [0.3, 0.4) is 0 Å². The number of hydrogen-bond donors (Lipinski definition) is 1. The third-order valence-electron chi connectivity index (χ3n) is 3.96. The van der Waals surface area contributed by atoms with E-state index in [0.717, 1.165) is 12.1 Å². The number of benzene rings is 1. The standard InChI is InChI=1S/C19H16FN3O3S/c20-16-3-5-17(6-4-16)27(25,26)18(15-2-1-9-22-12-15)13-23-19(24)14-7-10-21-11-8-14/h1-12,18H,13H2,(H,23,24). The Kier molecular flexibility index (Phi) is 5.56. The summed E-state index contributed by atoms with van der Waals surface area (Å²) in [6.45, 7) is -0.160. The van der Waals surface area contributed by atoms with Crippen LogP contribution in [0.5, 0.6) is 0 Å². The van der Waals surface area contributed by atoms with Crippen LogP contribution in [0.1, 0.15) is 21.2 Å². The van der Waals surface area contributed by atoms with Gasteiger partial charge in [-0.3, -0.25) is 14.8 Å². The van der Waals surface area contributed by atoms with Crippen molar-refractivity contribution in [2.45, 2.75) is 10.1 Å². The van der Waals surface area contributed by atoms with Gasteiger partial charge < -0.3 is 5.32 Å². The van der Waals surface area contributed by atoms with Crippen molar-refractivity contribution in [2.24, 2.45) is 0 Å². The highest BCUT2D eigenvalue weighted by molar-refractivity contribution is 7.91. The highest BCUT2D eigenvalue weighted by Crippen LogP contribution is 2.28. The first-order valence-electron chi connectivity index (χ1n) is 8.06. The monoisotopic (exact) mass is 385 g/mol. The number of sulfone groups is 1. The Morgan fingerprint density at radius 2 is 1.70 bits per heavy atom. The fourth-order valence-electron chi connectivity index (χ4n) is 2.55. The van der Waals surface area contributed by atoms with E-state index < -0.39 is 26.8 Å². The van der Waals surface area contributed by atoms with E-state index in [1.165, 1.54) is 49.1 Å². The molecule has 0 fully saturated rings. The van der Waals surface area contributed by atoms with E-state index in [2.05, 4.69) is 15.3 Å². The van der Waals surface area contributed by atoms with Crippen molar-refractivity contribution in [3.8, 4) is 0 Å². The van der Waals surface area contributed by atoms with Gasteiger partial charge in [0.25, 0.3) is 5.91 Å². The van der Waals surface area contributed by atoms with Gasteiger partial charge in [0.2, 0.25) is 0 Å². The van der Waals surface area contributed by atoms with E-state index >= 15 is 0 Å². The third kappa shape index (κ3) is 4.35. The molecule has 0 aliphatic rings. The highest BCUT2D eigenvalue weighted by atomic mass is 32.2. The minimum atomic E-state index is -3.88. The van der Waals surface area contributed by atoms with Crippen LogP contribution in [-0.4, -0.2) is 30.8 Å². The lowest BCUT2D eigenvalue weighted by atomic mass is 10.2. The quantitative estimate of drug-likeness (QED) is 0.659. The molecule has 0 saturated carbocycles. The van der Waals surface area contributed by atoms with E-state index in [1.807, 2.05) is 0 Å². The first-order chi connectivity index (χ1) is 13.0. The molecule has 3 aromatic rings. The van der Waals surface area contributed by atoms with Crippen LogP contribution < -0.4 is 5.32 Å². The Balaban J connectivity index is 1.90. The molecule has 1 unspecified atom stereocenters. The Hall–Kier alpha value is -3.13. The van der Waals surface area contributed by atoms with Crippen LogP contribution in [0.25, 0.3) is 0 Å². The fraction of sp³-hybridized carbons (Fsp3) is 0.105. The number of carbonyl (C=O) groups is 1. The van der Waals surface area contributed by atoms with Crippen LogP contribution in [-0.2, 0) is 9.84 Å². The number of aromatic nitrogens is 2. The fourth-order valence-corrected chi connectivity index (χ4v) is 4.20. The maximum atomic E-state index is 13.2. The molecular weight excluding hydrogens is 369 g/mol. The van der Waals surface area contributed by atoms with Gasteiger partial charge in [0.15, 0.2) is 9.84 Å². The van der Waals surface area contributed by atoms with Crippen molar-refractivity contribution in [2.75, 3.05) is 6.54 Å². The number of nitrogens with zero attached hydrogens (tertiary/aromatic N) is 2. The molecule has 3 rings (SSSR count). The largest absolute Gasteiger partial charge is 0.350 e. The average Bonchev–Trinajstić information content (AvgIpc) is 2.69. The van der Waals surface area contributed by atoms with Crippen molar-refractivity contribution in [3.05, 3.63) is 90.3 Å². The number of rotatable bonds is 6. The van der Waals surface area contributed by atoms with E-state index in [0.29, 0.717) is 11.1 Å². The predicted octanol–water partition coefficient (Wildman–Crippen LogP) is 2.56. The lowest BCUT2D eigenvalue weighted by molar-refractivity contribution is 0.0953. The number of nitrogens with one attached hydrogen (secondary N) is 1. The van der Waals surface area contributed by atoms with Crippen molar-refractivity contribution >= 4 is 15.7 Å². The van der Waals surface area contributed by atoms with E-state index in [9.17, 15) is 17.6 Å². The maximum absolute atomic E-state index is 13.2. The van der Waals surface area contributed by atoms with Gasteiger partial charge in [0.1, 0.15) is 11.1 Å². The topological polar surface area (TPSA) is 89.0 Å². The Morgan fingerprint density at radius 1 is 1.00 bits per heavy atom. The normalized spacial score (nSPS) is 12.3. The average molecular weight is 385 g/mol. The third-order valence-corrected chi connectivity index (χ3v) is 6.08. The second kappa shape index (κ2) is 8.05. The molecular formula is C19H16FN3O3S. The van der Waals surface area contributed by atoms with Crippen molar-refractivity contribution < 1.29 is 17.6 Å². The van der Waals surface area contributed by atoms with Crippen LogP contribution in [0.2, 0.25) is 0 Å². The predicted molar refractivity (Wildman–Crippen MR) is 97.1 cm³/mol. The zero-order chi connectivity index (χ0) is 19.3. The van der Waals surface area contributed by atoms with Crippen LogP contribution in [0, 0.1) is 5.82 Å². The lowest BCUT2D eigenvalue weighted by Gasteiger charge is -2.19. The summed E-state index contributed by atoms with van der Waals surface area (Å²) in [7, 11) is -3.88. The van der Waals surface area contributed by atoms with Crippen LogP contribution >= 0.6 is 0 Å². The summed E-state index contributed by atoms with van der Waals surface area (Å²) >= 11 is 0. The van der Waals surface area contributed by atoms with Gasteiger partial charge >= 0.3 is 0 Å². The molecule has 2 aromatic heterocycles. The molecule has 1 amide bonds. The first-order valence-corrected chi connectivity index (χ1v) is 9.61. The van der Waals surface area contributed by atoms with Gasteiger partial charge in [-0.15, -0.1) is 0 Å². The van der Waals surface area contributed by atoms with Gasteiger partial charge in [0.05, 0.1) is 4.90 Å². The number of pyridine rings is 2. The Morgan fingerprint density at radius 3 is 2.33 bits per heavy atom. The van der Waals surface area contributed by atoms with Crippen LogP contribution in [0.4, 0.5) is 4.39 Å². The summed E-state index contributed by atoms with van der Waals surface area (Å²) in [6.07, 6.45) is 5.91. The zero-order valence-electron chi connectivity index (χ0n) is 14.1. The van der Waals surface area contributed by atoms with Crippen molar-refractivity contribution in [3.63, 3.8) is 0 Å². The first kappa shape index (κ1) is 18.7. The van der Waals surface area contributed by atoms with Crippen LogP contribution in [0.15, 0.2) is 78.2 Å². The molecule has 0 bridgehead atoms. The Bertz CT molecular complexity index is 1010. The van der Waals surface area contributed by atoms with Gasteiger partial charge in [-0.2, -0.15) is 0 Å². The van der Waals surface area contributed by atoms with Gasteiger partial charge in [-0.1, -0.05) is 6.07 Å². The molecule has 1 aromatic carbocycles.